The number of benzene rings is 1. The Kier molecular flexibility index (Phi) is 7.35. The molecule has 0 bridgehead atoms. The normalized spacial score (nSPS) is 10.1. The molecule has 0 aliphatic carbocycles. The Bertz CT molecular complexity index is 429. The van der Waals surface area contributed by atoms with Crippen LogP contribution in [0.25, 0.3) is 0 Å². The second-order valence-corrected chi connectivity index (χ2v) is 4.65. The van der Waals surface area contributed by atoms with Crippen molar-refractivity contribution in [1.29, 1.82) is 0 Å². The Morgan fingerprint density at radius 3 is 2.35 bits per heavy atom. The minimum atomic E-state index is -0.0972. The molecule has 3 N–H and O–H groups in total. The van der Waals surface area contributed by atoms with E-state index in [2.05, 4.69) is 10.6 Å². The maximum Gasteiger partial charge on any atom is 0.251 e. The second kappa shape index (κ2) is 9.09. The van der Waals surface area contributed by atoms with E-state index in [4.69, 9.17) is 5.11 Å². The van der Waals surface area contributed by atoms with Gasteiger partial charge in [0.15, 0.2) is 0 Å². The number of aliphatic hydroxyl groups is 1. The number of hydrogen-bond acceptors (Lipinski definition) is 3. The van der Waals surface area contributed by atoms with Crippen LogP contribution in [0.15, 0.2) is 24.3 Å². The van der Waals surface area contributed by atoms with Crippen molar-refractivity contribution < 1.29 is 14.7 Å². The lowest BCUT2D eigenvalue weighted by Gasteiger charge is -2.06. The van der Waals surface area contributed by atoms with E-state index in [1.807, 2.05) is 12.1 Å². The molecule has 0 fully saturated rings. The molecule has 0 aromatic heterocycles. The first kappa shape index (κ1) is 16.2. The summed E-state index contributed by atoms with van der Waals surface area (Å²) < 4.78 is 0. The predicted octanol–water partition coefficient (Wildman–Crippen LogP) is 1.22. The Labute approximate surface area is 119 Å². The average molecular weight is 278 g/mol. The van der Waals surface area contributed by atoms with Crippen molar-refractivity contribution >= 4 is 11.8 Å². The Morgan fingerprint density at radius 2 is 1.75 bits per heavy atom. The fraction of sp³-hybridized carbons (Fsp3) is 0.467. The van der Waals surface area contributed by atoms with Crippen molar-refractivity contribution in [2.24, 2.45) is 0 Å². The largest absolute Gasteiger partial charge is 0.396 e. The molecule has 0 spiro atoms. The summed E-state index contributed by atoms with van der Waals surface area (Å²) in [4.78, 5) is 22.6. The number of amides is 2. The number of carbonyl (C=O) groups is 2. The summed E-state index contributed by atoms with van der Waals surface area (Å²) in [5.41, 5.74) is 1.57. The third-order valence-corrected chi connectivity index (χ3v) is 2.88. The number of nitrogens with one attached hydrogen (secondary N) is 2. The number of carbonyl (C=O) groups excluding carboxylic acids is 2. The summed E-state index contributed by atoms with van der Waals surface area (Å²) in [5, 5.41) is 14.2. The Balaban J connectivity index is 2.35. The molecular weight excluding hydrogens is 256 g/mol. The first-order chi connectivity index (χ1) is 9.63. The van der Waals surface area contributed by atoms with Crippen LogP contribution in [0.4, 0.5) is 0 Å². The standard InChI is InChI=1S/C15H22N2O3/c1-12(19)17-11-13-5-7-14(8-6-13)15(20)16-9-3-2-4-10-18/h5-8,18H,2-4,9-11H2,1H3,(H,16,20)(H,17,19). The van der Waals surface area contributed by atoms with E-state index < -0.39 is 0 Å². The fourth-order valence-electron chi connectivity index (χ4n) is 1.72. The van der Waals surface area contributed by atoms with Crippen molar-refractivity contribution in [3.63, 3.8) is 0 Å². The van der Waals surface area contributed by atoms with Crippen LogP contribution in [0.2, 0.25) is 0 Å². The van der Waals surface area contributed by atoms with Crippen molar-refractivity contribution in [2.45, 2.75) is 32.7 Å². The van der Waals surface area contributed by atoms with E-state index >= 15 is 0 Å². The molecule has 0 saturated heterocycles. The van der Waals surface area contributed by atoms with Crippen LogP contribution < -0.4 is 10.6 Å². The lowest BCUT2D eigenvalue weighted by atomic mass is 10.1. The highest BCUT2D eigenvalue weighted by Crippen LogP contribution is 2.04. The predicted molar refractivity (Wildman–Crippen MR) is 77.2 cm³/mol. The van der Waals surface area contributed by atoms with E-state index in [1.165, 1.54) is 6.92 Å². The zero-order chi connectivity index (χ0) is 14.8. The van der Waals surface area contributed by atoms with Crippen molar-refractivity contribution in [2.75, 3.05) is 13.2 Å². The second-order valence-electron chi connectivity index (χ2n) is 4.65. The third-order valence-electron chi connectivity index (χ3n) is 2.88. The van der Waals surface area contributed by atoms with Crippen LogP contribution in [-0.4, -0.2) is 30.1 Å². The van der Waals surface area contributed by atoms with Crippen LogP contribution >= 0.6 is 0 Å². The maximum absolute atomic E-state index is 11.8. The van der Waals surface area contributed by atoms with E-state index in [1.54, 1.807) is 12.1 Å². The van der Waals surface area contributed by atoms with Gasteiger partial charge in [0.05, 0.1) is 0 Å². The van der Waals surface area contributed by atoms with Gasteiger partial charge >= 0.3 is 0 Å². The molecule has 5 heteroatoms. The van der Waals surface area contributed by atoms with Gasteiger partial charge in [0.25, 0.3) is 5.91 Å². The van der Waals surface area contributed by atoms with Crippen molar-refractivity contribution in [1.82, 2.24) is 10.6 Å². The summed E-state index contributed by atoms with van der Waals surface area (Å²) in [6, 6.07) is 7.16. The maximum atomic E-state index is 11.8. The van der Waals surface area contributed by atoms with Gasteiger partial charge in [0.1, 0.15) is 0 Å². The van der Waals surface area contributed by atoms with Crippen LogP contribution in [-0.2, 0) is 11.3 Å². The van der Waals surface area contributed by atoms with Gasteiger partial charge in [0, 0.05) is 32.2 Å². The third kappa shape index (κ3) is 6.33. The SMILES string of the molecule is CC(=O)NCc1ccc(C(=O)NCCCCCO)cc1. The lowest BCUT2D eigenvalue weighted by molar-refractivity contribution is -0.119. The highest BCUT2D eigenvalue weighted by molar-refractivity contribution is 5.94. The smallest absolute Gasteiger partial charge is 0.251 e. The molecule has 2 amide bonds. The number of aliphatic hydroxyl groups excluding tert-OH is 1. The molecule has 110 valence electrons. The molecular formula is C15H22N2O3. The van der Waals surface area contributed by atoms with Crippen LogP contribution in [0.3, 0.4) is 0 Å². The molecule has 0 saturated carbocycles. The molecule has 20 heavy (non-hydrogen) atoms. The summed E-state index contributed by atoms with van der Waals surface area (Å²) in [6.07, 6.45) is 2.55. The monoisotopic (exact) mass is 278 g/mol. The van der Waals surface area contributed by atoms with Gasteiger partial charge in [0.2, 0.25) is 5.91 Å². The molecule has 0 heterocycles. The molecule has 0 aliphatic rings. The lowest BCUT2D eigenvalue weighted by Crippen LogP contribution is -2.24. The van der Waals surface area contributed by atoms with Gasteiger partial charge in [-0.25, -0.2) is 0 Å². The first-order valence-corrected chi connectivity index (χ1v) is 6.86. The van der Waals surface area contributed by atoms with E-state index in [0.29, 0.717) is 18.7 Å². The highest BCUT2D eigenvalue weighted by Gasteiger charge is 2.04. The summed E-state index contributed by atoms with van der Waals surface area (Å²) >= 11 is 0. The summed E-state index contributed by atoms with van der Waals surface area (Å²) in [7, 11) is 0. The fourth-order valence-corrected chi connectivity index (χ4v) is 1.72. The van der Waals surface area contributed by atoms with Crippen LogP contribution in [0.5, 0.6) is 0 Å². The van der Waals surface area contributed by atoms with Gasteiger partial charge in [-0.15, -0.1) is 0 Å². The summed E-state index contributed by atoms with van der Waals surface area (Å²) in [5.74, 6) is -0.172. The molecule has 0 unspecified atom stereocenters. The van der Waals surface area contributed by atoms with Gasteiger partial charge in [-0.2, -0.15) is 0 Å². The molecule has 0 radical (unpaired) electrons. The quantitative estimate of drug-likeness (QED) is 0.626. The van der Waals surface area contributed by atoms with Crippen LogP contribution in [0.1, 0.15) is 42.1 Å². The zero-order valence-electron chi connectivity index (χ0n) is 11.8. The Hall–Kier alpha value is -1.88. The molecule has 1 aromatic rings. The number of hydrogen-bond donors (Lipinski definition) is 3. The highest BCUT2D eigenvalue weighted by atomic mass is 16.3. The van der Waals surface area contributed by atoms with Gasteiger partial charge in [-0.05, 0) is 37.0 Å². The molecule has 1 rings (SSSR count). The zero-order valence-corrected chi connectivity index (χ0v) is 11.8. The van der Waals surface area contributed by atoms with Crippen molar-refractivity contribution in [3.8, 4) is 0 Å². The molecule has 1 aromatic carbocycles. The minimum Gasteiger partial charge on any atom is -0.396 e. The van der Waals surface area contributed by atoms with E-state index in [9.17, 15) is 9.59 Å². The van der Waals surface area contributed by atoms with Gasteiger partial charge in [-0.3, -0.25) is 9.59 Å². The molecule has 0 atom stereocenters. The van der Waals surface area contributed by atoms with Gasteiger partial charge < -0.3 is 15.7 Å². The van der Waals surface area contributed by atoms with Crippen LogP contribution in [0, 0.1) is 0 Å². The van der Waals surface area contributed by atoms with E-state index in [-0.39, 0.29) is 18.4 Å². The number of unbranched alkanes of at least 4 members (excludes halogenated alkanes) is 2. The number of rotatable bonds is 8. The Morgan fingerprint density at radius 1 is 1.05 bits per heavy atom. The van der Waals surface area contributed by atoms with E-state index in [0.717, 1.165) is 24.8 Å². The van der Waals surface area contributed by atoms with Gasteiger partial charge in [-0.1, -0.05) is 12.1 Å². The molecule has 5 nitrogen and oxygen atoms in total. The average Bonchev–Trinajstić information content (AvgIpc) is 2.45. The topological polar surface area (TPSA) is 78.4 Å². The minimum absolute atomic E-state index is 0.0744. The van der Waals surface area contributed by atoms with Crippen molar-refractivity contribution in [3.05, 3.63) is 35.4 Å². The summed E-state index contributed by atoms with van der Waals surface area (Å²) in [6.45, 7) is 2.76. The molecule has 0 aliphatic heterocycles. The first-order valence-electron chi connectivity index (χ1n) is 6.86.